The summed E-state index contributed by atoms with van der Waals surface area (Å²) in [4.78, 5) is 24.1. The van der Waals surface area contributed by atoms with E-state index >= 15 is 0 Å². The number of nitrogens with one attached hydrogen (secondary N) is 1. The highest BCUT2D eigenvalue weighted by molar-refractivity contribution is 5.97. The van der Waals surface area contributed by atoms with Gasteiger partial charge in [-0.15, -0.1) is 0 Å². The topological polar surface area (TPSA) is 55.4 Å². The zero-order chi connectivity index (χ0) is 15.8. The maximum absolute atomic E-state index is 12.5. The van der Waals surface area contributed by atoms with Gasteiger partial charge in [0.15, 0.2) is 0 Å². The number of amides is 2. The lowest BCUT2D eigenvalue weighted by atomic mass is 9.90. The maximum atomic E-state index is 12.5. The van der Waals surface area contributed by atoms with Crippen molar-refractivity contribution in [3.8, 4) is 0 Å². The fourth-order valence-electron chi connectivity index (χ4n) is 2.19. The van der Waals surface area contributed by atoms with Crippen molar-refractivity contribution in [3.05, 3.63) is 71.8 Å². The minimum atomic E-state index is -0.705. The summed E-state index contributed by atoms with van der Waals surface area (Å²) in [6, 6.07) is 18.7. The highest BCUT2D eigenvalue weighted by Gasteiger charge is 2.24. The molecule has 0 spiro atoms. The number of imide groups is 1. The molecular formula is C18H19NO3. The van der Waals surface area contributed by atoms with Crippen LogP contribution >= 0.6 is 0 Å². The van der Waals surface area contributed by atoms with Gasteiger partial charge in [-0.3, -0.25) is 10.1 Å². The first-order valence-electron chi connectivity index (χ1n) is 7.30. The van der Waals surface area contributed by atoms with Crippen LogP contribution in [0.15, 0.2) is 60.7 Å². The van der Waals surface area contributed by atoms with Gasteiger partial charge in [0.25, 0.3) is 0 Å². The van der Waals surface area contributed by atoms with Crippen LogP contribution in [0.25, 0.3) is 0 Å². The molecule has 2 rings (SSSR count). The van der Waals surface area contributed by atoms with E-state index < -0.39 is 17.9 Å². The zero-order valence-electron chi connectivity index (χ0n) is 12.5. The molecule has 2 amide bonds. The van der Waals surface area contributed by atoms with Crippen molar-refractivity contribution in [2.24, 2.45) is 0 Å². The molecule has 0 aliphatic carbocycles. The number of benzene rings is 2. The van der Waals surface area contributed by atoms with E-state index in [1.165, 1.54) is 0 Å². The van der Waals surface area contributed by atoms with Crippen LogP contribution in [0.1, 0.15) is 30.4 Å². The summed E-state index contributed by atoms with van der Waals surface area (Å²) in [6.07, 6.45) is 0.00583. The van der Waals surface area contributed by atoms with Gasteiger partial charge in [0.2, 0.25) is 5.91 Å². The van der Waals surface area contributed by atoms with Crippen LogP contribution in [0.4, 0.5) is 4.79 Å². The van der Waals surface area contributed by atoms with E-state index in [0.717, 1.165) is 11.1 Å². The molecule has 0 fully saturated rings. The molecule has 0 aliphatic rings. The van der Waals surface area contributed by atoms with Crippen LogP contribution in [-0.2, 0) is 9.53 Å². The summed E-state index contributed by atoms with van der Waals surface area (Å²) in [5.74, 6) is -0.935. The molecule has 0 saturated heterocycles. The lowest BCUT2D eigenvalue weighted by Crippen LogP contribution is -2.35. The SMILES string of the molecule is CCCOC(=O)NC(=O)C(c1ccccc1)c1ccccc1. The van der Waals surface area contributed by atoms with Gasteiger partial charge in [0.1, 0.15) is 0 Å². The lowest BCUT2D eigenvalue weighted by molar-refractivity contribution is -0.121. The van der Waals surface area contributed by atoms with Gasteiger partial charge in [-0.1, -0.05) is 67.6 Å². The van der Waals surface area contributed by atoms with Crippen molar-refractivity contribution in [2.45, 2.75) is 19.3 Å². The first kappa shape index (κ1) is 15.8. The number of carbonyl (C=O) groups excluding carboxylic acids is 2. The second-order valence-corrected chi connectivity index (χ2v) is 4.88. The second kappa shape index (κ2) is 7.98. The van der Waals surface area contributed by atoms with E-state index in [0.29, 0.717) is 13.0 Å². The van der Waals surface area contributed by atoms with E-state index in [2.05, 4.69) is 5.32 Å². The third kappa shape index (κ3) is 4.19. The number of carbonyl (C=O) groups is 2. The van der Waals surface area contributed by atoms with Crippen LogP contribution in [0.3, 0.4) is 0 Å². The highest BCUT2D eigenvalue weighted by Crippen LogP contribution is 2.24. The van der Waals surface area contributed by atoms with Crippen LogP contribution in [0, 0.1) is 0 Å². The van der Waals surface area contributed by atoms with Crippen molar-refractivity contribution in [2.75, 3.05) is 6.61 Å². The van der Waals surface area contributed by atoms with Crippen molar-refractivity contribution in [3.63, 3.8) is 0 Å². The summed E-state index contributed by atoms with van der Waals surface area (Å²) in [5.41, 5.74) is 1.66. The van der Waals surface area contributed by atoms with E-state index in [-0.39, 0.29) is 0 Å². The van der Waals surface area contributed by atoms with Crippen LogP contribution in [0.2, 0.25) is 0 Å². The van der Waals surface area contributed by atoms with Gasteiger partial charge >= 0.3 is 6.09 Å². The molecule has 4 heteroatoms. The molecule has 0 bridgehead atoms. The summed E-state index contributed by atoms with van der Waals surface area (Å²) < 4.78 is 4.91. The number of alkyl carbamates (subject to hydrolysis) is 1. The molecule has 114 valence electrons. The standard InChI is InChI=1S/C18H19NO3/c1-2-13-22-18(21)19-17(20)16(14-9-5-3-6-10-14)15-11-7-4-8-12-15/h3-12,16H,2,13H2,1H3,(H,19,20,21). The summed E-state index contributed by atoms with van der Waals surface area (Å²) in [6.45, 7) is 2.19. The summed E-state index contributed by atoms with van der Waals surface area (Å²) in [7, 11) is 0. The Morgan fingerprint density at radius 2 is 1.45 bits per heavy atom. The Labute approximate surface area is 130 Å². The van der Waals surface area contributed by atoms with Crippen molar-refractivity contribution >= 4 is 12.0 Å². The van der Waals surface area contributed by atoms with Crippen molar-refractivity contribution in [1.29, 1.82) is 0 Å². The van der Waals surface area contributed by atoms with E-state index in [1.54, 1.807) is 0 Å². The van der Waals surface area contributed by atoms with Gasteiger partial charge < -0.3 is 4.74 Å². The Morgan fingerprint density at radius 1 is 0.955 bits per heavy atom. The normalized spacial score (nSPS) is 10.3. The second-order valence-electron chi connectivity index (χ2n) is 4.88. The maximum Gasteiger partial charge on any atom is 0.413 e. The Morgan fingerprint density at radius 3 is 1.91 bits per heavy atom. The summed E-state index contributed by atoms with van der Waals surface area (Å²) >= 11 is 0. The van der Waals surface area contributed by atoms with Gasteiger partial charge in [-0.05, 0) is 17.5 Å². The van der Waals surface area contributed by atoms with Crippen LogP contribution in [0.5, 0.6) is 0 Å². The number of rotatable bonds is 5. The van der Waals surface area contributed by atoms with E-state index in [1.807, 2.05) is 67.6 Å². The number of hydrogen-bond donors (Lipinski definition) is 1. The number of hydrogen-bond acceptors (Lipinski definition) is 3. The summed E-state index contributed by atoms with van der Waals surface area (Å²) in [5, 5.41) is 2.31. The molecule has 0 radical (unpaired) electrons. The van der Waals surface area contributed by atoms with Gasteiger partial charge in [-0.2, -0.15) is 0 Å². The largest absolute Gasteiger partial charge is 0.449 e. The Kier molecular flexibility index (Phi) is 5.72. The molecule has 0 aliphatic heterocycles. The van der Waals surface area contributed by atoms with Gasteiger partial charge in [0, 0.05) is 0 Å². The predicted molar refractivity (Wildman–Crippen MR) is 84.5 cm³/mol. The smallest absolute Gasteiger partial charge is 0.413 e. The Bertz CT molecular complexity index is 571. The van der Waals surface area contributed by atoms with Gasteiger partial charge in [-0.25, -0.2) is 4.79 Å². The first-order chi connectivity index (χ1) is 10.7. The first-order valence-corrected chi connectivity index (χ1v) is 7.30. The lowest BCUT2D eigenvalue weighted by Gasteiger charge is -2.17. The molecule has 0 atom stereocenters. The quantitative estimate of drug-likeness (QED) is 0.919. The minimum absolute atomic E-state index is 0.292. The zero-order valence-corrected chi connectivity index (χ0v) is 12.5. The van der Waals surface area contributed by atoms with Gasteiger partial charge in [0.05, 0.1) is 12.5 Å². The number of ether oxygens (including phenoxy) is 1. The molecule has 0 unspecified atom stereocenters. The average Bonchev–Trinajstić information content (AvgIpc) is 2.55. The van der Waals surface area contributed by atoms with Crippen LogP contribution in [-0.4, -0.2) is 18.6 Å². The fourth-order valence-corrected chi connectivity index (χ4v) is 2.19. The monoisotopic (exact) mass is 297 g/mol. The molecule has 2 aromatic carbocycles. The molecular weight excluding hydrogens is 278 g/mol. The Hall–Kier alpha value is -2.62. The molecule has 22 heavy (non-hydrogen) atoms. The predicted octanol–water partition coefficient (Wildman–Crippen LogP) is 3.48. The minimum Gasteiger partial charge on any atom is -0.449 e. The van der Waals surface area contributed by atoms with E-state index in [4.69, 9.17) is 4.74 Å². The molecule has 0 heterocycles. The third-order valence-corrected chi connectivity index (χ3v) is 3.19. The highest BCUT2D eigenvalue weighted by atomic mass is 16.5. The molecule has 2 aromatic rings. The van der Waals surface area contributed by atoms with Crippen molar-refractivity contribution < 1.29 is 14.3 Å². The third-order valence-electron chi connectivity index (χ3n) is 3.19. The molecule has 4 nitrogen and oxygen atoms in total. The fraction of sp³-hybridized carbons (Fsp3) is 0.222. The van der Waals surface area contributed by atoms with E-state index in [9.17, 15) is 9.59 Å². The van der Waals surface area contributed by atoms with Crippen LogP contribution < -0.4 is 5.32 Å². The average molecular weight is 297 g/mol. The van der Waals surface area contributed by atoms with Crippen molar-refractivity contribution in [1.82, 2.24) is 5.32 Å². The molecule has 1 N–H and O–H groups in total. The Balaban J connectivity index is 2.22. The molecule has 0 aromatic heterocycles. The molecule has 0 saturated carbocycles.